The molecule has 0 heterocycles. The van der Waals surface area contributed by atoms with Crippen LogP contribution in [-0.4, -0.2) is 33.2 Å². The molecule has 0 aliphatic rings. The van der Waals surface area contributed by atoms with Crippen molar-refractivity contribution >= 4 is 17.9 Å². The first kappa shape index (κ1) is 72.5. The second kappa shape index (κ2) is 69.3. The van der Waals surface area contributed by atoms with Crippen molar-refractivity contribution in [1.82, 2.24) is 0 Å². The zero-order valence-corrected chi connectivity index (χ0v) is 48.8. The van der Waals surface area contributed by atoms with Crippen LogP contribution in [0.5, 0.6) is 0 Å². The van der Waals surface area contributed by atoms with Gasteiger partial charge in [0.15, 0.2) is 0 Å². The first-order valence-electron chi connectivity index (χ1n) is 28.9. The molecule has 0 rings (SSSR count). The van der Waals surface area contributed by atoms with E-state index < -0.39 is 17.9 Å². The molecule has 67 heavy (non-hydrogen) atoms. The topological polar surface area (TPSA) is 112 Å². The van der Waals surface area contributed by atoms with Crippen LogP contribution in [0.1, 0.15) is 329 Å². The summed E-state index contributed by atoms with van der Waals surface area (Å²) in [7, 11) is 0. The minimum absolute atomic E-state index is 0. The Labute approximate surface area is 451 Å². The fourth-order valence-corrected chi connectivity index (χ4v) is 8.10. The van der Waals surface area contributed by atoms with Gasteiger partial charge in [-0.2, -0.15) is 0 Å². The minimum atomic E-state index is -0.663. The van der Waals surface area contributed by atoms with Crippen LogP contribution < -0.4 is 0 Å². The molecule has 0 aliphatic carbocycles. The number of hydrogen-bond acceptors (Lipinski definition) is 3. The Morgan fingerprint density at radius 2 is 0.373 bits per heavy atom. The summed E-state index contributed by atoms with van der Waals surface area (Å²) in [6.45, 7) is 6.81. The number of carboxylic acids is 3. The monoisotopic (exact) mass is 1070 g/mol. The van der Waals surface area contributed by atoms with Crippen LogP contribution in [0.4, 0.5) is 0 Å². The van der Waals surface area contributed by atoms with Gasteiger partial charge in [-0.25, -0.2) is 0 Å². The molecule has 1 radical (unpaired) electrons. The maximum atomic E-state index is 10.4. The largest absolute Gasteiger partial charge is 0.481 e. The summed E-state index contributed by atoms with van der Waals surface area (Å²) in [4.78, 5) is 31.1. The number of aliphatic carboxylic acids is 3. The fourth-order valence-electron chi connectivity index (χ4n) is 8.10. The van der Waals surface area contributed by atoms with Crippen molar-refractivity contribution in [3.05, 3.63) is 36.5 Å². The van der Waals surface area contributed by atoms with Gasteiger partial charge in [-0.3, -0.25) is 14.4 Å². The molecule has 0 aromatic rings. The van der Waals surface area contributed by atoms with Crippen molar-refractivity contribution in [3.8, 4) is 0 Å². The van der Waals surface area contributed by atoms with E-state index in [1.807, 2.05) is 0 Å². The quantitative estimate of drug-likeness (QED) is 0.0413. The van der Waals surface area contributed by atoms with E-state index >= 15 is 0 Å². The van der Waals surface area contributed by atoms with Gasteiger partial charge in [0.05, 0.1) is 0 Å². The van der Waals surface area contributed by atoms with E-state index in [1.165, 1.54) is 250 Å². The van der Waals surface area contributed by atoms with E-state index in [0.717, 1.165) is 38.5 Å². The number of allylic oxidation sites excluding steroid dienone is 6. The summed E-state index contributed by atoms with van der Waals surface area (Å²) in [5, 5.41) is 25.6. The zero-order chi connectivity index (χ0) is 48.9. The van der Waals surface area contributed by atoms with Crippen LogP contribution in [-0.2, 0) is 14.4 Å². The van der Waals surface area contributed by atoms with Crippen molar-refractivity contribution in [1.29, 1.82) is 0 Å². The molecule has 0 aromatic carbocycles. The van der Waals surface area contributed by atoms with Gasteiger partial charge in [0.1, 0.15) is 0 Å². The molecule has 6 nitrogen and oxygen atoms in total. The number of carboxylic acid groups (broad SMARTS) is 3. The summed E-state index contributed by atoms with van der Waals surface area (Å²) < 4.78 is 0. The predicted octanol–water partition coefficient (Wildman–Crippen LogP) is 20.7. The van der Waals surface area contributed by atoms with Gasteiger partial charge in [-0.15, -0.1) is 0 Å². The third-order valence-corrected chi connectivity index (χ3v) is 12.5. The number of rotatable bonds is 51. The molecule has 393 valence electrons. The van der Waals surface area contributed by atoms with Gasteiger partial charge in [0.25, 0.3) is 0 Å². The summed E-state index contributed by atoms with van der Waals surface area (Å²) in [5.74, 6) is -1.99. The van der Waals surface area contributed by atoms with E-state index in [2.05, 4.69) is 57.2 Å². The number of carbonyl (C=O) groups is 3. The van der Waals surface area contributed by atoms with E-state index in [-0.39, 0.29) is 41.3 Å². The normalized spacial score (nSPS) is 11.1. The Kier molecular flexibility index (Phi) is 75.0. The Morgan fingerprint density at radius 3 is 0.522 bits per heavy atom. The van der Waals surface area contributed by atoms with Crippen LogP contribution in [0.2, 0.25) is 0 Å². The third kappa shape index (κ3) is 82.3. The molecule has 0 aromatic heterocycles. The maximum Gasteiger partial charge on any atom is 0.303 e. The maximum absolute atomic E-state index is 10.4. The SMILES string of the molecule is CCCCCCCCCC/C=C\CCCCCCCC(=O)O.CCCCCCCCCC/C=C\CCCCCCCC(=O)O.CCCCCCCCCC/C=C\CCCCCCCC(=O)O.[Pr]. The third-order valence-electron chi connectivity index (χ3n) is 12.5. The molecule has 7 heteroatoms. The Hall–Kier alpha value is -1.01. The first-order valence-corrected chi connectivity index (χ1v) is 28.9. The van der Waals surface area contributed by atoms with Crippen LogP contribution in [0.25, 0.3) is 0 Å². The summed E-state index contributed by atoms with van der Waals surface area (Å²) in [5.41, 5.74) is 0. The first-order chi connectivity index (χ1) is 32.3. The average Bonchev–Trinajstić information content (AvgIpc) is 3.29. The van der Waals surface area contributed by atoms with Crippen molar-refractivity contribution in [2.75, 3.05) is 0 Å². The van der Waals surface area contributed by atoms with Crippen LogP contribution in [0.3, 0.4) is 0 Å². The molecule has 0 bridgehead atoms. The second-order valence-corrected chi connectivity index (χ2v) is 19.3. The van der Waals surface area contributed by atoms with Gasteiger partial charge >= 0.3 is 17.9 Å². The predicted molar refractivity (Wildman–Crippen MR) is 289 cm³/mol. The van der Waals surface area contributed by atoms with Gasteiger partial charge in [-0.05, 0) is 96.3 Å². The fraction of sp³-hybridized carbons (Fsp3) is 0.850. The molecule has 0 amide bonds. The number of unbranched alkanes of at least 4 members (excludes halogenated alkanes) is 39. The summed E-state index contributed by atoms with van der Waals surface area (Å²) in [6, 6.07) is 0. The smallest absolute Gasteiger partial charge is 0.303 e. The van der Waals surface area contributed by atoms with E-state index in [9.17, 15) is 14.4 Å². The zero-order valence-electron chi connectivity index (χ0n) is 45.0. The van der Waals surface area contributed by atoms with Crippen LogP contribution in [0, 0.1) is 41.3 Å². The van der Waals surface area contributed by atoms with E-state index in [4.69, 9.17) is 15.3 Å². The van der Waals surface area contributed by atoms with Gasteiger partial charge in [-0.1, -0.05) is 250 Å². The molecule has 0 saturated heterocycles. The molecule has 3 N–H and O–H groups in total. The molecular formula is C60H114O6Pr. The molecule has 0 saturated carbocycles. The molecule has 0 aliphatic heterocycles. The second-order valence-electron chi connectivity index (χ2n) is 19.3. The minimum Gasteiger partial charge on any atom is -0.481 e. The molecule has 0 fully saturated rings. The molecular weight excluding hydrogens is 958 g/mol. The Morgan fingerprint density at radius 1 is 0.239 bits per heavy atom. The Bertz CT molecular complexity index is 911. The van der Waals surface area contributed by atoms with E-state index in [1.54, 1.807) is 0 Å². The molecule has 0 spiro atoms. The standard InChI is InChI=1S/3C20H38O2.Pr/c3*1-2-3-4-5-6-7-8-9-10-11-12-13-14-15-16-17-18-19-20(21)22;/h3*11-12H,2-10,13-19H2,1H3,(H,21,22);/b3*12-11-;. The molecule has 0 atom stereocenters. The van der Waals surface area contributed by atoms with Crippen molar-refractivity contribution in [2.45, 2.75) is 329 Å². The van der Waals surface area contributed by atoms with E-state index in [0.29, 0.717) is 19.3 Å². The van der Waals surface area contributed by atoms with Crippen molar-refractivity contribution in [2.24, 2.45) is 0 Å². The van der Waals surface area contributed by atoms with Crippen molar-refractivity contribution in [3.63, 3.8) is 0 Å². The summed E-state index contributed by atoms with van der Waals surface area (Å²) >= 11 is 0. The van der Waals surface area contributed by atoms with Crippen molar-refractivity contribution < 1.29 is 71.0 Å². The number of hydrogen-bond donors (Lipinski definition) is 3. The van der Waals surface area contributed by atoms with Gasteiger partial charge in [0, 0.05) is 60.6 Å². The van der Waals surface area contributed by atoms with Gasteiger partial charge < -0.3 is 15.3 Å². The van der Waals surface area contributed by atoms with Gasteiger partial charge in [0.2, 0.25) is 0 Å². The van der Waals surface area contributed by atoms with Crippen LogP contribution in [0.15, 0.2) is 36.5 Å². The van der Waals surface area contributed by atoms with Crippen LogP contribution >= 0.6 is 0 Å². The average molecular weight is 1070 g/mol. The summed E-state index contributed by atoms with van der Waals surface area (Å²) in [6.07, 6.45) is 72.5. The Balaban J connectivity index is -0.000000441. The molecule has 0 unspecified atom stereocenters.